The van der Waals surface area contributed by atoms with E-state index in [1.165, 1.54) is 12.1 Å². The molecule has 0 atom stereocenters. The molecule has 1 fully saturated rings. The molecule has 1 aliphatic heterocycles. The molecule has 1 aromatic carbocycles. The number of imide groups is 1. The molecule has 1 saturated heterocycles. The summed E-state index contributed by atoms with van der Waals surface area (Å²) in [6.45, 7) is 0.154. The largest absolute Gasteiger partial charge is 0.333 e. The van der Waals surface area contributed by atoms with Crippen molar-refractivity contribution in [2.24, 2.45) is 5.29 Å². The minimum Gasteiger partial charge on any atom is -0.330 e. The molecular formula is C16H16N6O8. The lowest BCUT2D eigenvalue weighted by molar-refractivity contribution is -0.383. The molecule has 0 spiro atoms. The van der Waals surface area contributed by atoms with Crippen molar-refractivity contribution < 1.29 is 28.8 Å². The number of nitro benzene ring substituents is 1. The number of carbonyl (C=O) groups is 3. The number of aromatic nitrogens is 2. The number of nitro groups is 1. The van der Waals surface area contributed by atoms with Gasteiger partial charge in [0, 0.05) is 31.9 Å². The van der Waals surface area contributed by atoms with E-state index in [4.69, 9.17) is 4.84 Å². The highest BCUT2D eigenvalue weighted by Gasteiger charge is 2.32. The predicted octanol–water partition coefficient (Wildman–Crippen LogP) is 1.79. The summed E-state index contributed by atoms with van der Waals surface area (Å²) < 4.78 is 4.55. The van der Waals surface area contributed by atoms with E-state index in [9.17, 15) is 29.4 Å². The van der Waals surface area contributed by atoms with Crippen LogP contribution in [0.3, 0.4) is 0 Å². The average Bonchev–Trinajstić information content (AvgIpc) is 3.32. The molecule has 2 amide bonds. The van der Waals surface area contributed by atoms with Crippen molar-refractivity contribution in [2.45, 2.75) is 38.5 Å². The van der Waals surface area contributed by atoms with Crippen molar-refractivity contribution in [1.82, 2.24) is 15.4 Å². The van der Waals surface area contributed by atoms with E-state index < -0.39 is 22.7 Å². The van der Waals surface area contributed by atoms with Crippen LogP contribution in [0.5, 0.6) is 0 Å². The second-order valence-corrected chi connectivity index (χ2v) is 6.38. The quantitative estimate of drug-likeness (QED) is 0.180. The number of anilines is 1. The Morgan fingerprint density at radius 1 is 1.20 bits per heavy atom. The van der Waals surface area contributed by atoms with Crippen LogP contribution >= 0.6 is 0 Å². The summed E-state index contributed by atoms with van der Waals surface area (Å²) in [5, 5.41) is 22.6. The molecule has 3 rings (SSSR count). The van der Waals surface area contributed by atoms with E-state index in [0.717, 1.165) is 5.01 Å². The number of amides is 2. The molecule has 1 aliphatic rings. The fourth-order valence-corrected chi connectivity index (χ4v) is 2.91. The van der Waals surface area contributed by atoms with Crippen LogP contribution < -0.4 is 5.01 Å². The van der Waals surface area contributed by atoms with Gasteiger partial charge < -0.3 is 4.84 Å². The Labute approximate surface area is 167 Å². The van der Waals surface area contributed by atoms with Crippen molar-refractivity contribution in [3.63, 3.8) is 0 Å². The first-order chi connectivity index (χ1) is 14.4. The molecule has 14 heteroatoms. The maximum Gasteiger partial charge on any atom is 0.333 e. The lowest BCUT2D eigenvalue weighted by atomic mass is 10.2. The standard InChI is InChI=1S/C16H16N6O8/c23-12-7-8-13(24)21(12)29-14(25)4-2-1-3-9-20(19-26)10-5-6-11(22(27)28)16-15(10)17-30-18-16/h5-6H,1-4,7-9H2. The van der Waals surface area contributed by atoms with Crippen LogP contribution in [0.25, 0.3) is 11.0 Å². The van der Waals surface area contributed by atoms with Crippen LogP contribution in [0.2, 0.25) is 0 Å². The van der Waals surface area contributed by atoms with Crippen LogP contribution in [-0.2, 0) is 19.2 Å². The summed E-state index contributed by atoms with van der Waals surface area (Å²) in [5.74, 6) is -1.79. The zero-order valence-corrected chi connectivity index (χ0v) is 15.6. The molecular weight excluding hydrogens is 404 g/mol. The van der Waals surface area contributed by atoms with E-state index in [1.54, 1.807) is 0 Å². The normalized spacial score (nSPS) is 13.7. The van der Waals surface area contributed by atoms with Gasteiger partial charge >= 0.3 is 11.7 Å². The fourth-order valence-electron chi connectivity index (χ4n) is 2.91. The number of hydrogen-bond acceptors (Lipinski definition) is 11. The Balaban J connectivity index is 1.49. The first-order valence-electron chi connectivity index (χ1n) is 8.99. The lowest BCUT2D eigenvalue weighted by Gasteiger charge is -2.15. The molecule has 30 heavy (non-hydrogen) atoms. The van der Waals surface area contributed by atoms with Crippen molar-refractivity contribution in [3.05, 3.63) is 27.2 Å². The Kier molecular flexibility index (Phi) is 6.24. The molecule has 2 aromatic rings. The zero-order chi connectivity index (χ0) is 21.7. The van der Waals surface area contributed by atoms with Gasteiger partial charge in [-0.05, 0) is 29.2 Å². The highest BCUT2D eigenvalue weighted by atomic mass is 16.7. The van der Waals surface area contributed by atoms with Gasteiger partial charge in [0.05, 0.1) is 15.9 Å². The number of nitrogens with zero attached hydrogens (tertiary/aromatic N) is 6. The van der Waals surface area contributed by atoms with Crippen LogP contribution in [0.1, 0.15) is 38.5 Å². The second-order valence-electron chi connectivity index (χ2n) is 6.38. The number of fused-ring (bicyclic) bond motifs is 1. The van der Waals surface area contributed by atoms with E-state index in [2.05, 4.69) is 20.2 Å². The van der Waals surface area contributed by atoms with E-state index in [-0.39, 0.29) is 48.2 Å². The van der Waals surface area contributed by atoms with Crippen molar-refractivity contribution in [1.29, 1.82) is 0 Å². The number of unbranched alkanes of at least 4 members (excludes halogenated alkanes) is 2. The van der Waals surface area contributed by atoms with Gasteiger partial charge in [-0.25, -0.2) is 14.4 Å². The minimum absolute atomic E-state index is 0.0133. The molecule has 0 N–H and O–H groups in total. The Hall–Kier alpha value is -3.97. The summed E-state index contributed by atoms with van der Waals surface area (Å²) >= 11 is 0. The monoisotopic (exact) mass is 420 g/mol. The van der Waals surface area contributed by atoms with Crippen molar-refractivity contribution in [2.75, 3.05) is 11.6 Å². The van der Waals surface area contributed by atoms with E-state index in [0.29, 0.717) is 24.3 Å². The highest BCUT2D eigenvalue weighted by molar-refractivity contribution is 6.01. The number of carbonyl (C=O) groups excluding carboxylic acids is 3. The molecule has 0 bridgehead atoms. The summed E-state index contributed by atoms with van der Waals surface area (Å²) in [6.07, 6.45) is 1.39. The predicted molar refractivity (Wildman–Crippen MR) is 97.2 cm³/mol. The Morgan fingerprint density at radius 3 is 2.57 bits per heavy atom. The Bertz CT molecular complexity index is 989. The first-order valence-corrected chi connectivity index (χ1v) is 8.99. The topological polar surface area (TPSA) is 178 Å². The SMILES string of the molecule is O=NN(CCCCCC(=O)ON1C(=O)CCC1=O)c1ccc([N+](=O)[O-])c2nonc12. The summed E-state index contributed by atoms with van der Waals surface area (Å²) in [5.41, 5.74) is -0.168. The van der Waals surface area contributed by atoms with Crippen LogP contribution in [0.15, 0.2) is 22.0 Å². The smallest absolute Gasteiger partial charge is 0.330 e. The summed E-state index contributed by atoms with van der Waals surface area (Å²) in [6, 6.07) is 2.50. The van der Waals surface area contributed by atoms with Gasteiger partial charge in [-0.2, -0.15) is 0 Å². The van der Waals surface area contributed by atoms with Gasteiger partial charge in [0.15, 0.2) is 5.52 Å². The summed E-state index contributed by atoms with van der Waals surface area (Å²) in [7, 11) is 0. The lowest BCUT2D eigenvalue weighted by Crippen LogP contribution is -2.31. The molecule has 0 radical (unpaired) electrons. The summed E-state index contributed by atoms with van der Waals surface area (Å²) in [4.78, 5) is 60.9. The van der Waals surface area contributed by atoms with E-state index in [1.807, 2.05) is 0 Å². The third-order valence-corrected chi connectivity index (χ3v) is 4.40. The van der Waals surface area contributed by atoms with Crippen LogP contribution in [-0.4, -0.2) is 44.6 Å². The molecule has 0 saturated carbocycles. The molecule has 0 aliphatic carbocycles. The van der Waals surface area contributed by atoms with Gasteiger partial charge in [0.25, 0.3) is 11.8 Å². The third kappa shape index (κ3) is 4.37. The first kappa shape index (κ1) is 20.8. The number of hydrogen-bond donors (Lipinski definition) is 0. The number of rotatable bonds is 10. The maximum atomic E-state index is 11.7. The number of nitroso groups, excluding NO2 is 1. The highest BCUT2D eigenvalue weighted by Crippen LogP contribution is 2.31. The molecule has 14 nitrogen and oxygen atoms in total. The van der Waals surface area contributed by atoms with Gasteiger partial charge in [0.1, 0.15) is 0 Å². The van der Waals surface area contributed by atoms with Crippen LogP contribution in [0, 0.1) is 15.0 Å². The fraction of sp³-hybridized carbons (Fsp3) is 0.438. The zero-order valence-electron chi connectivity index (χ0n) is 15.6. The van der Waals surface area contributed by atoms with Crippen molar-refractivity contribution >= 4 is 40.2 Å². The maximum absolute atomic E-state index is 11.7. The van der Waals surface area contributed by atoms with Crippen LogP contribution in [0.4, 0.5) is 11.4 Å². The molecule has 1 aromatic heterocycles. The second kappa shape index (κ2) is 9.02. The van der Waals surface area contributed by atoms with E-state index >= 15 is 0 Å². The molecule has 0 unspecified atom stereocenters. The van der Waals surface area contributed by atoms with Gasteiger partial charge in [-0.1, -0.05) is 6.42 Å². The van der Waals surface area contributed by atoms with Crippen molar-refractivity contribution in [3.8, 4) is 0 Å². The number of non-ortho nitro benzene ring substituents is 1. The average molecular weight is 420 g/mol. The number of benzene rings is 1. The molecule has 158 valence electrons. The third-order valence-electron chi connectivity index (χ3n) is 4.40. The molecule has 2 heterocycles. The van der Waals surface area contributed by atoms with Gasteiger partial charge in [-0.3, -0.25) is 19.7 Å². The Morgan fingerprint density at radius 2 is 1.90 bits per heavy atom. The number of hydroxylamine groups is 2. The van der Waals surface area contributed by atoms with Gasteiger partial charge in [-0.15, -0.1) is 9.97 Å². The van der Waals surface area contributed by atoms with Gasteiger partial charge in [0.2, 0.25) is 5.52 Å². The minimum atomic E-state index is -0.699.